The van der Waals surface area contributed by atoms with E-state index in [2.05, 4.69) is 5.32 Å². The molecular weight excluding hydrogens is 278 g/mol. The molecule has 1 aliphatic heterocycles. The number of hydrogen-bond acceptors (Lipinski definition) is 6. The fourth-order valence-corrected chi connectivity index (χ4v) is 2.13. The van der Waals surface area contributed by atoms with Crippen LogP contribution in [0.4, 0.5) is 0 Å². The van der Waals surface area contributed by atoms with Crippen LogP contribution in [0.5, 0.6) is 5.75 Å². The molecule has 1 amide bonds. The molecular formula is C14H19NO6. The summed E-state index contributed by atoms with van der Waals surface area (Å²) in [5, 5.41) is 31.6. The van der Waals surface area contributed by atoms with Gasteiger partial charge in [0.25, 0.3) is 5.91 Å². The Morgan fingerprint density at radius 1 is 1.14 bits per heavy atom. The zero-order valence-corrected chi connectivity index (χ0v) is 11.8. The third-order valence-corrected chi connectivity index (χ3v) is 3.48. The number of carbonyl (C=O) groups is 1. The van der Waals surface area contributed by atoms with Crippen molar-refractivity contribution < 1.29 is 29.6 Å². The number of hydrogen-bond donors (Lipinski definition) is 4. The number of aliphatic hydroxyl groups excluding tert-OH is 3. The lowest BCUT2D eigenvalue weighted by molar-refractivity contribution is -0.221. The van der Waals surface area contributed by atoms with Gasteiger partial charge in [0.15, 0.2) is 6.23 Å². The molecule has 0 aromatic heterocycles. The number of ether oxygens (including phenoxy) is 2. The van der Waals surface area contributed by atoms with Gasteiger partial charge in [-0.1, -0.05) is 0 Å². The molecule has 1 heterocycles. The Morgan fingerprint density at radius 2 is 1.76 bits per heavy atom. The molecule has 5 atom stereocenters. The number of nitrogens with one attached hydrogen (secondary N) is 1. The van der Waals surface area contributed by atoms with Crippen LogP contribution >= 0.6 is 0 Å². The predicted octanol–water partition coefficient (Wildman–Crippen LogP) is -0.747. The fraction of sp³-hybridized carbons (Fsp3) is 0.500. The maximum atomic E-state index is 12.1. The van der Waals surface area contributed by atoms with E-state index in [1.165, 1.54) is 7.11 Å². The van der Waals surface area contributed by atoms with Gasteiger partial charge in [-0.15, -0.1) is 0 Å². The van der Waals surface area contributed by atoms with Gasteiger partial charge in [0.05, 0.1) is 13.2 Å². The van der Waals surface area contributed by atoms with Crippen molar-refractivity contribution in [3.05, 3.63) is 29.8 Å². The van der Waals surface area contributed by atoms with E-state index < -0.39 is 36.6 Å². The lowest BCUT2D eigenvalue weighted by Gasteiger charge is -2.39. The van der Waals surface area contributed by atoms with Gasteiger partial charge in [-0.2, -0.15) is 0 Å². The van der Waals surface area contributed by atoms with E-state index in [9.17, 15) is 20.1 Å². The highest BCUT2D eigenvalue weighted by Gasteiger charge is 2.42. The number of benzene rings is 1. The summed E-state index contributed by atoms with van der Waals surface area (Å²) in [5.74, 6) is 0.158. The topological polar surface area (TPSA) is 108 Å². The first kappa shape index (κ1) is 15.7. The molecule has 1 fully saturated rings. The summed E-state index contributed by atoms with van der Waals surface area (Å²) in [6.45, 7) is 1.55. The zero-order valence-electron chi connectivity index (χ0n) is 11.8. The maximum Gasteiger partial charge on any atom is 0.253 e. The zero-order chi connectivity index (χ0) is 15.6. The first-order chi connectivity index (χ1) is 9.93. The molecule has 21 heavy (non-hydrogen) atoms. The van der Waals surface area contributed by atoms with Gasteiger partial charge < -0.3 is 30.1 Å². The molecule has 4 N–H and O–H groups in total. The molecule has 0 bridgehead atoms. The van der Waals surface area contributed by atoms with Gasteiger partial charge in [-0.05, 0) is 31.2 Å². The van der Waals surface area contributed by atoms with Crippen molar-refractivity contribution in [3.8, 4) is 5.75 Å². The van der Waals surface area contributed by atoms with Gasteiger partial charge in [0, 0.05) is 5.56 Å². The average Bonchev–Trinajstić information content (AvgIpc) is 2.50. The lowest BCUT2D eigenvalue weighted by atomic mass is 9.99. The molecule has 1 aliphatic rings. The van der Waals surface area contributed by atoms with E-state index in [4.69, 9.17) is 9.47 Å². The number of methoxy groups -OCH3 is 1. The van der Waals surface area contributed by atoms with Crippen molar-refractivity contribution in [3.63, 3.8) is 0 Å². The quantitative estimate of drug-likeness (QED) is 0.585. The minimum Gasteiger partial charge on any atom is -0.497 e. The maximum absolute atomic E-state index is 12.1. The van der Waals surface area contributed by atoms with Gasteiger partial charge >= 0.3 is 0 Å². The average molecular weight is 297 g/mol. The summed E-state index contributed by atoms with van der Waals surface area (Å²) in [6, 6.07) is 6.40. The van der Waals surface area contributed by atoms with Crippen LogP contribution in [0.3, 0.4) is 0 Å². The molecule has 0 spiro atoms. The Balaban J connectivity index is 2.04. The van der Waals surface area contributed by atoms with Crippen molar-refractivity contribution in [1.82, 2.24) is 5.32 Å². The Labute approximate surface area is 122 Å². The molecule has 116 valence electrons. The summed E-state index contributed by atoms with van der Waals surface area (Å²) >= 11 is 0. The van der Waals surface area contributed by atoms with Crippen LogP contribution in [0.1, 0.15) is 17.3 Å². The van der Waals surface area contributed by atoms with Crippen molar-refractivity contribution >= 4 is 5.91 Å². The third kappa shape index (κ3) is 3.33. The highest BCUT2D eigenvalue weighted by Crippen LogP contribution is 2.20. The van der Waals surface area contributed by atoms with Crippen LogP contribution < -0.4 is 10.1 Å². The molecule has 0 saturated carbocycles. The summed E-state index contributed by atoms with van der Waals surface area (Å²) in [6.07, 6.45) is -5.78. The molecule has 1 saturated heterocycles. The van der Waals surface area contributed by atoms with Crippen molar-refractivity contribution in [1.29, 1.82) is 0 Å². The normalized spacial score (nSPS) is 32.5. The highest BCUT2D eigenvalue weighted by atomic mass is 16.5. The van der Waals surface area contributed by atoms with E-state index in [-0.39, 0.29) is 0 Å². The van der Waals surface area contributed by atoms with Gasteiger partial charge in [0.1, 0.15) is 24.1 Å². The van der Waals surface area contributed by atoms with Crippen LogP contribution in [0.25, 0.3) is 0 Å². The first-order valence-electron chi connectivity index (χ1n) is 6.58. The van der Waals surface area contributed by atoms with E-state index in [0.29, 0.717) is 11.3 Å². The number of aliphatic hydroxyl groups is 3. The number of carbonyl (C=O) groups excluding carboxylic acids is 1. The Hall–Kier alpha value is -1.67. The van der Waals surface area contributed by atoms with Gasteiger partial charge in [0.2, 0.25) is 0 Å². The number of amides is 1. The van der Waals surface area contributed by atoms with Crippen LogP contribution in [0.2, 0.25) is 0 Å². The smallest absolute Gasteiger partial charge is 0.253 e. The van der Waals surface area contributed by atoms with Crippen molar-refractivity contribution in [2.75, 3.05) is 7.11 Å². The van der Waals surface area contributed by atoms with E-state index in [0.717, 1.165) is 0 Å². The summed E-state index contributed by atoms with van der Waals surface area (Å²) in [5.41, 5.74) is 0.361. The lowest BCUT2D eigenvalue weighted by Crippen LogP contribution is -2.61. The molecule has 1 aromatic carbocycles. The first-order valence-corrected chi connectivity index (χ1v) is 6.58. The second kappa shape index (κ2) is 6.40. The molecule has 0 unspecified atom stereocenters. The van der Waals surface area contributed by atoms with E-state index in [1.54, 1.807) is 31.2 Å². The van der Waals surface area contributed by atoms with E-state index >= 15 is 0 Å². The third-order valence-electron chi connectivity index (χ3n) is 3.48. The molecule has 1 aromatic rings. The van der Waals surface area contributed by atoms with Crippen LogP contribution in [-0.4, -0.2) is 59.0 Å². The van der Waals surface area contributed by atoms with Crippen molar-refractivity contribution in [2.24, 2.45) is 0 Å². The minimum atomic E-state index is -1.40. The summed E-state index contributed by atoms with van der Waals surface area (Å²) < 4.78 is 10.3. The molecule has 2 rings (SSSR count). The summed E-state index contributed by atoms with van der Waals surface area (Å²) in [4.78, 5) is 12.1. The molecule has 0 radical (unpaired) electrons. The number of rotatable bonds is 3. The molecule has 7 nitrogen and oxygen atoms in total. The van der Waals surface area contributed by atoms with Crippen LogP contribution in [-0.2, 0) is 4.74 Å². The predicted molar refractivity (Wildman–Crippen MR) is 72.8 cm³/mol. The Kier molecular flexibility index (Phi) is 4.79. The molecule has 0 aliphatic carbocycles. The Bertz CT molecular complexity index is 491. The van der Waals surface area contributed by atoms with Gasteiger partial charge in [-0.25, -0.2) is 0 Å². The minimum absolute atomic E-state index is 0.361. The molecule has 7 heteroatoms. The van der Waals surface area contributed by atoms with Crippen LogP contribution in [0, 0.1) is 0 Å². The second-order valence-corrected chi connectivity index (χ2v) is 4.94. The van der Waals surface area contributed by atoms with Gasteiger partial charge in [-0.3, -0.25) is 4.79 Å². The fourth-order valence-electron chi connectivity index (χ4n) is 2.13. The monoisotopic (exact) mass is 297 g/mol. The largest absolute Gasteiger partial charge is 0.497 e. The van der Waals surface area contributed by atoms with E-state index in [1.807, 2.05) is 0 Å². The van der Waals surface area contributed by atoms with Crippen molar-refractivity contribution in [2.45, 2.75) is 37.6 Å². The highest BCUT2D eigenvalue weighted by molar-refractivity contribution is 5.94. The Morgan fingerprint density at radius 3 is 2.33 bits per heavy atom. The summed E-state index contributed by atoms with van der Waals surface area (Å²) in [7, 11) is 1.52. The SMILES string of the molecule is COc1ccc(C(=O)N[C@H]2O[C@@H](C)[C@@H](O)[C@@H](O)[C@@H]2O)cc1. The van der Waals surface area contributed by atoms with Crippen LogP contribution in [0.15, 0.2) is 24.3 Å². The second-order valence-electron chi connectivity index (χ2n) is 4.94. The standard InChI is InChI=1S/C14H19NO6/c1-7-10(16)11(17)12(18)14(21-7)15-13(19)8-3-5-9(20-2)6-4-8/h3-7,10-12,14,16-18H,1-2H3,(H,15,19)/t7-,10+,11+,12-,14-/m0/s1.